The van der Waals surface area contributed by atoms with Gasteiger partial charge in [-0.1, -0.05) is 12.1 Å². The van der Waals surface area contributed by atoms with Crippen molar-refractivity contribution >= 4 is 23.2 Å². The summed E-state index contributed by atoms with van der Waals surface area (Å²) < 4.78 is 1.78. The summed E-state index contributed by atoms with van der Waals surface area (Å²) in [7, 11) is 0. The summed E-state index contributed by atoms with van der Waals surface area (Å²) in [5.41, 5.74) is 0.919. The monoisotopic (exact) mass is 423 g/mol. The minimum Gasteiger partial charge on any atom is -0.396 e. The predicted octanol–water partition coefficient (Wildman–Crippen LogP) is 2.95. The molecule has 1 aromatic carbocycles. The summed E-state index contributed by atoms with van der Waals surface area (Å²) >= 11 is 0. The lowest BCUT2D eigenvalue weighted by molar-refractivity contribution is 0.0785. The summed E-state index contributed by atoms with van der Waals surface area (Å²) in [5.74, 6) is 1.05. The number of aromatic nitrogens is 3. The number of aliphatic hydroxyl groups is 2. The van der Waals surface area contributed by atoms with Crippen LogP contribution in [0.2, 0.25) is 0 Å². The standard InChI is InChI=1S/C23H29N5O3/c1-23(2,31)17-8-6-16(7-9-17)22(30)26-19-15-21(28-20(25-19)10-12-24-28)27-13-4-3-5-18(27)11-14-29/h6-10,12,15,18,29,31H,3-5,11,13-14H2,1-2H3,(H,25,26,30). The molecule has 1 aliphatic heterocycles. The second-order valence-corrected chi connectivity index (χ2v) is 8.55. The van der Waals surface area contributed by atoms with E-state index in [1.807, 2.05) is 12.1 Å². The molecule has 8 heteroatoms. The topological polar surface area (TPSA) is 103 Å². The number of benzene rings is 1. The summed E-state index contributed by atoms with van der Waals surface area (Å²) in [6, 6.07) is 10.8. The molecule has 1 fully saturated rings. The molecule has 8 nitrogen and oxygen atoms in total. The fourth-order valence-corrected chi connectivity index (χ4v) is 4.13. The fraction of sp³-hybridized carbons (Fsp3) is 0.435. The average molecular weight is 424 g/mol. The number of anilines is 2. The maximum Gasteiger partial charge on any atom is 0.256 e. The highest BCUT2D eigenvalue weighted by atomic mass is 16.3. The van der Waals surface area contributed by atoms with Gasteiger partial charge in [0.05, 0.1) is 11.8 Å². The molecule has 1 aliphatic rings. The van der Waals surface area contributed by atoms with Crippen molar-refractivity contribution in [3.05, 3.63) is 53.7 Å². The number of hydrogen-bond donors (Lipinski definition) is 3. The van der Waals surface area contributed by atoms with Crippen LogP contribution in [0.15, 0.2) is 42.6 Å². The van der Waals surface area contributed by atoms with Gasteiger partial charge in [-0.05, 0) is 57.2 Å². The van der Waals surface area contributed by atoms with Gasteiger partial charge in [-0.25, -0.2) is 4.98 Å². The second kappa shape index (κ2) is 8.64. The molecule has 0 aliphatic carbocycles. The number of carbonyl (C=O) groups excluding carboxylic acids is 1. The molecule has 1 unspecified atom stereocenters. The smallest absolute Gasteiger partial charge is 0.256 e. The molecule has 1 saturated heterocycles. The molecule has 1 amide bonds. The van der Waals surface area contributed by atoms with Crippen molar-refractivity contribution in [2.75, 3.05) is 23.4 Å². The minimum absolute atomic E-state index is 0.138. The van der Waals surface area contributed by atoms with Crippen LogP contribution >= 0.6 is 0 Å². The molecular formula is C23H29N5O3. The number of amides is 1. The first-order chi connectivity index (χ1) is 14.9. The Labute approximate surface area is 181 Å². The van der Waals surface area contributed by atoms with E-state index in [9.17, 15) is 15.0 Å². The van der Waals surface area contributed by atoms with Crippen molar-refractivity contribution in [3.63, 3.8) is 0 Å². The maximum atomic E-state index is 12.8. The van der Waals surface area contributed by atoms with Crippen LogP contribution in [0.1, 0.15) is 55.5 Å². The largest absolute Gasteiger partial charge is 0.396 e. The molecule has 0 spiro atoms. The summed E-state index contributed by atoms with van der Waals surface area (Å²) in [4.78, 5) is 19.6. The van der Waals surface area contributed by atoms with Crippen molar-refractivity contribution in [2.24, 2.45) is 0 Å². The van der Waals surface area contributed by atoms with E-state index in [4.69, 9.17) is 0 Å². The van der Waals surface area contributed by atoms with Crippen molar-refractivity contribution in [1.82, 2.24) is 14.6 Å². The van der Waals surface area contributed by atoms with Gasteiger partial charge in [0.1, 0.15) is 11.6 Å². The molecule has 1 atom stereocenters. The molecule has 3 heterocycles. The van der Waals surface area contributed by atoms with Gasteiger partial charge in [-0.3, -0.25) is 4.79 Å². The third kappa shape index (κ3) is 4.55. The first kappa shape index (κ1) is 21.3. The Bertz CT molecular complexity index is 1050. The number of rotatable bonds is 6. The number of piperidine rings is 1. The highest BCUT2D eigenvalue weighted by Gasteiger charge is 2.25. The third-order valence-corrected chi connectivity index (χ3v) is 5.82. The van der Waals surface area contributed by atoms with Gasteiger partial charge in [-0.2, -0.15) is 9.61 Å². The summed E-state index contributed by atoms with van der Waals surface area (Å²) in [5, 5.41) is 26.9. The van der Waals surface area contributed by atoms with Gasteiger partial charge in [0.15, 0.2) is 5.65 Å². The van der Waals surface area contributed by atoms with E-state index >= 15 is 0 Å². The first-order valence-corrected chi connectivity index (χ1v) is 10.7. The number of fused-ring (bicyclic) bond motifs is 1. The summed E-state index contributed by atoms with van der Waals surface area (Å²) in [6.45, 7) is 4.42. The zero-order valence-electron chi connectivity index (χ0n) is 18.0. The van der Waals surface area contributed by atoms with Gasteiger partial charge in [0.2, 0.25) is 0 Å². The van der Waals surface area contributed by atoms with Crippen LogP contribution in [0.4, 0.5) is 11.6 Å². The van der Waals surface area contributed by atoms with E-state index in [1.165, 1.54) is 0 Å². The van der Waals surface area contributed by atoms with Crippen LogP contribution in [0, 0.1) is 0 Å². The van der Waals surface area contributed by atoms with Crippen LogP contribution in [0.3, 0.4) is 0 Å². The number of aliphatic hydroxyl groups excluding tert-OH is 1. The number of hydrogen-bond acceptors (Lipinski definition) is 6. The Balaban J connectivity index is 1.62. The number of nitrogens with one attached hydrogen (secondary N) is 1. The molecule has 164 valence electrons. The highest BCUT2D eigenvalue weighted by Crippen LogP contribution is 2.29. The normalized spacial score (nSPS) is 17.2. The van der Waals surface area contributed by atoms with E-state index in [0.29, 0.717) is 23.4 Å². The van der Waals surface area contributed by atoms with Crippen LogP contribution in [0.25, 0.3) is 5.65 Å². The molecule has 2 aromatic heterocycles. The molecule has 3 N–H and O–H groups in total. The summed E-state index contributed by atoms with van der Waals surface area (Å²) in [6.07, 6.45) is 5.61. The molecule has 4 rings (SSSR count). The van der Waals surface area contributed by atoms with Gasteiger partial charge < -0.3 is 20.4 Å². The van der Waals surface area contributed by atoms with Gasteiger partial charge in [-0.15, -0.1) is 0 Å². The third-order valence-electron chi connectivity index (χ3n) is 5.82. The van der Waals surface area contributed by atoms with E-state index in [-0.39, 0.29) is 18.6 Å². The Morgan fingerprint density at radius 2 is 2.00 bits per heavy atom. The predicted molar refractivity (Wildman–Crippen MR) is 119 cm³/mol. The molecule has 31 heavy (non-hydrogen) atoms. The number of nitrogens with zero attached hydrogens (tertiary/aromatic N) is 4. The Kier molecular flexibility index (Phi) is 5.93. The lowest BCUT2D eigenvalue weighted by Crippen LogP contribution is -2.41. The number of carbonyl (C=O) groups is 1. The second-order valence-electron chi connectivity index (χ2n) is 8.55. The maximum absolute atomic E-state index is 12.8. The lowest BCUT2D eigenvalue weighted by atomic mass is 9.97. The van der Waals surface area contributed by atoms with Crippen molar-refractivity contribution in [1.29, 1.82) is 0 Å². The van der Waals surface area contributed by atoms with Crippen LogP contribution in [-0.4, -0.2) is 49.9 Å². The van der Waals surface area contributed by atoms with E-state index in [0.717, 1.165) is 37.2 Å². The first-order valence-electron chi connectivity index (χ1n) is 10.7. The molecular weight excluding hydrogens is 394 g/mol. The zero-order chi connectivity index (χ0) is 22.0. The quantitative estimate of drug-likeness (QED) is 0.563. The molecule has 0 saturated carbocycles. The Hall–Kier alpha value is -2.97. The minimum atomic E-state index is -0.960. The highest BCUT2D eigenvalue weighted by molar-refractivity contribution is 6.04. The van der Waals surface area contributed by atoms with Crippen molar-refractivity contribution in [3.8, 4) is 0 Å². The fourth-order valence-electron chi connectivity index (χ4n) is 4.13. The Morgan fingerprint density at radius 3 is 2.71 bits per heavy atom. The van der Waals surface area contributed by atoms with Crippen LogP contribution in [-0.2, 0) is 5.60 Å². The van der Waals surface area contributed by atoms with Crippen LogP contribution in [0.5, 0.6) is 0 Å². The zero-order valence-corrected chi connectivity index (χ0v) is 18.0. The molecule has 0 radical (unpaired) electrons. The van der Waals surface area contributed by atoms with Gasteiger partial charge in [0, 0.05) is 36.9 Å². The SMILES string of the molecule is CC(C)(O)c1ccc(C(=O)Nc2cc(N3CCCCC3CCO)n3nccc3n2)cc1. The lowest BCUT2D eigenvalue weighted by Gasteiger charge is -2.37. The van der Waals surface area contributed by atoms with Crippen molar-refractivity contribution < 1.29 is 15.0 Å². The van der Waals surface area contributed by atoms with Crippen molar-refractivity contribution in [2.45, 2.75) is 51.2 Å². The van der Waals surface area contributed by atoms with E-state index < -0.39 is 5.60 Å². The molecule has 0 bridgehead atoms. The van der Waals surface area contributed by atoms with E-state index in [1.54, 1.807) is 48.8 Å². The average Bonchev–Trinajstić information content (AvgIpc) is 3.22. The Morgan fingerprint density at radius 1 is 1.23 bits per heavy atom. The molecule has 3 aromatic rings. The van der Waals surface area contributed by atoms with Gasteiger partial charge >= 0.3 is 0 Å². The van der Waals surface area contributed by atoms with Crippen LogP contribution < -0.4 is 10.2 Å². The van der Waals surface area contributed by atoms with Gasteiger partial charge in [0.25, 0.3) is 5.91 Å². The van der Waals surface area contributed by atoms with E-state index in [2.05, 4.69) is 20.3 Å².